The van der Waals surface area contributed by atoms with Gasteiger partial charge in [-0.25, -0.2) is 4.79 Å². The quantitative estimate of drug-likeness (QED) is 0.826. The highest BCUT2D eigenvalue weighted by Crippen LogP contribution is 2.30. The number of likely N-dealkylation sites (tertiary alicyclic amines) is 1. The Hall–Kier alpha value is -3.22. The molecule has 1 atom stereocenters. The molecule has 28 heavy (non-hydrogen) atoms. The predicted molar refractivity (Wildman–Crippen MR) is 108 cm³/mol. The molecule has 3 amide bonds. The molecule has 2 N–H and O–H groups in total. The fraction of sp³-hybridized carbons (Fsp3) is 0.333. The lowest BCUT2D eigenvalue weighted by molar-refractivity contribution is -0.119. The zero-order valence-electron chi connectivity index (χ0n) is 16.3. The van der Waals surface area contributed by atoms with Crippen LogP contribution in [0.15, 0.2) is 42.5 Å². The summed E-state index contributed by atoms with van der Waals surface area (Å²) in [5.74, 6) is 0.891. The summed E-state index contributed by atoms with van der Waals surface area (Å²) >= 11 is 0. The van der Waals surface area contributed by atoms with Gasteiger partial charge in [0.25, 0.3) is 0 Å². The Morgan fingerprint density at radius 3 is 2.46 bits per heavy atom. The van der Waals surface area contributed by atoms with Crippen LogP contribution in [0.3, 0.4) is 0 Å². The Balaban J connectivity index is 1.70. The SMILES string of the molecule is COc1ccc(OC)c(NC(=O)C2CCCN2C(=O)Nc2ccc(C)cc2)c1. The van der Waals surface area contributed by atoms with Crippen molar-refractivity contribution in [2.45, 2.75) is 25.8 Å². The van der Waals surface area contributed by atoms with Crippen LogP contribution in [0, 0.1) is 6.92 Å². The first-order chi connectivity index (χ1) is 13.5. The highest BCUT2D eigenvalue weighted by Gasteiger charge is 2.34. The first-order valence-electron chi connectivity index (χ1n) is 9.19. The third-order valence-corrected chi connectivity index (χ3v) is 4.78. The van der Waals surface area contributed by atoms with Gasteiger partial charge in [-0.05, 0) is 44.0 Å². The van der Waals surface area contributed by atoms with Crippen molar-refractivity contribution in [1.29, 1.82) is 0 Å². The van der Waals surface area contributed by atoms with Gasteiger partial charge in [0.1, 0.15) is 17.5 Å². The van der Waals surface area contributed by atoms with Gasteiger partial charge in [-0.3, -0.25) is 4.79 Å². The molecule has 0 bridgehead atoms. The van der Waals surface area contributed by atoms with Gasteiger partial charge in [0.05, 0.1) is 19.9 Å². The number of aryl methyl sites for hydroxylation is 1. The summed E-state index contributed by atoms with van der Waals surface area (Å²) in [6.07, 6.45) is 1.38. The maximum Gasteiger partial charge on any atom is 0.322 e. The molecular formula is C21H25N3O4. The van der Waals surface area contributed by atoms with Crippen molar-refractivity contribution in [3.05, 3.63) is 48.0 Å². The molecule has 3 rings (SSSR count). The van der Waals surface area contributed by atoms with E-state index in [1.54, 1.807) is 30.2 Å². The molecule has 1 unspecified atom stereocenters. The van der Waals surface area contributed by atoms with Gasteiger partial charge < -0.3 is 25.0 Å². The molecule has 0 spiro atoms. The second-order valence-corrected chi connectivity index (χ2v) is 6.70. The summed E-state index contributed by atoms with van der Waals surface area (Å²) in [6.45, 7) is 2.52. The van der Waals surface area contributed by atoms with E-state index >= 15 is 0 Å². The number of rotatable bonds is 5. The molecule has 1 heterocycles. The van der Waals surface area contributed by atoms with E-state index in [1.165, 1.54) is 7.11 Å². The molecule has 148 valence electrons. The summed E-state index contributed by atoms with van der Waals surface area (Å²) in [5, 5.41) is 5.73. The maximum absolute atomic E-state index is 12.9. The van der Waals surface area contributed by atoms with Crippen molar-refractivity contribution in [3.63, 3.8) is 0 Å². The molecule has 7 heteroatoms. The van der Waals surface area contributed by atoms with Gasteiger partial charge in [-0.1, -0.05) is 17.7 Å². The standard InChI is InChI=1S/C21H25N3O4/c1-14-6-8-15(9-7-14)22-21(26)24-12-4-5-18(24)20(25)23-17-13-16(27-2)10-11-19(17)28-3/h6-11,13,18H,4-5,12H2,1-3H3,(H,22,26)(H,23,25). The molecule has 0 saturated carbocycles. The lowest BCUT2D eigenvalue weighted by Crippen LogP contribution is -2.45. The Kier molecular flexibility index (Phi) is 6.03. The van der Waals surface area contributed by atoms with Crippen molar-refractivity contribution in [2.75, 3.05) is 31.4 Å². The zero-order chi connectivity index (χ0) is 20.1. The zero-order valence-corrected chi connectivity index (χ0v) is 16.3. The van der Waals surface area contributed by atoms with Crippen LogP contribution in [0.25, 0.3) is 0 Å². The number of carbonyl (C=O) groups excluding carboxylic acids is 2. The molecule has 0 aliphatic carbocycles. The Bertz CT molecular complexity index is 851. The van der Waals surface area contributed by atoms with E-state index < -0.39 is 6.04 Å². The number of nitrogens with zero attached hydrogens (tertiary/aromatic N) is 1. The van der Waals surface area contributed by atoms with E-state index in [-0.39, 0.29) is 11.9 Å². The normalized spacial score (nSPS) is 15.8. The first-order valence-corrected chi connectivity index (χ1v) is 9.19. The van der Waals surface area contributed by atoms with E-state index in [9.17, 15) is 9.59 Å². The predicted octanol–water partition coefficient (Wildman–Crippen LogP) is 3.65. The fourth-order valence-electron chi connectivity index (χ4n) is 3.24. The number of carbonyl (C=O) groups is 2. The lowest BCUT2D eigenvalue weighted by Gasteiger charge is -2.24. The highest BCUT2D eigenvalue weighted by molar-refractivity contribution is 6.00. The van der Waals surface area contributed by atoms with Crippen molar-refractivity contribution < 1.29 is 19.1 Å². The summed E-state index contributed by atoms with van der Waals surface area (Å²) in [6, 6.07) is 11.9. The van der Waals surface area contributed by atoms with Crippen molar-refractivity contribution >= 4 is 23.3 Å². The summed E-state index contributed by atoms with van der Waals surface area (Å²) in [4.78, 5) is 27.1. The van der Waals surface area contributed by atoms with E-state index in [4.69, 9.17) is 9.47 Å². The van der Waals surface area contributed by atoms with Gasteiger partial charge in [0, 0.05) is 18.3 Å². The van der Waals surface area contributed by atoms with Gasteiger partial charge in [0.15, 0.2) is 0 Å². The highest BCUT2D eigenvalue weighted by atomic mass is 16.5. The number of methoxy groups -OCH3 is 2. The molecule has 0 radical (unpaired) electrons. The van der Waals surface area contributed by atoms with Gasteiger partial charge in [-0.15, -0.1) is 0 Å². The third-order valence-electron chi connectivity index (χ3n) is 4.78. The minimum Gasteiger partial charge on any atom is -0.497 e. The van der Waals surface area contributed by atoms with Crippen LogP contribution < -0.4 is 20.1 Å². The van der Waals surface area contributed by atoms with Crippen molar-refractivity contribution in [3.8, 4) is 11.5 Å². The number of urea groups is 1. The number of ether oxygens (including phenoxy) is 2. The number of nitrogens with one attached hydrogen (secondary N) is 2. The van der Waals surface area contributed by atoms with Crippen LogP contribution in [0.5, 0.6) is 11.5 Å². The van der Waals surface area contributed by atoms with E-state index in [2.05, 4.69) is 10.6 Å². The van der Waals surface area contributed by atoms with Gasteiger partial charge in [-0.2, -0.15) is 0 Å². The van der Waals surface area contributed by atoms with Crippen LogP contribution in [0.2, 0.25) is 0 Å². The van der Waals surface area contributed by atoms with Crippen LogP contribution in [-0.4, -0.2) is 43.6 Å². The number of benzene rings is 2. The minimum atomic E-state index is -0.540. The Morgan fingerprint density at radius 1 is 1.04 bits per heavy atom. The molecule has 1 fully saturated rings. The van der Waals surface area contributed by atoms with Crippen LogP contribution in [-0.2, 0) is 4.79 Å². The van der Waals surface area contributed by atoms with E-state index in [0.29, 0.717) is 35.8 Å². The van der Waals surface area contributed by atoms with Crippen LogP contribution in [0.4, 0.5) is 16.2 Å². The lowest BCUT2D eigenvalue weighted by atomic mass is 10.2. The summed E-state index contributed by atoms with van der Waals surface area (Å²) in [5.41, 5.74) is 2.33. The monoisotopic (exact) mass is 383 g/mol. The van der Waals surface area contributed by atoms with Gasteiger partial charge in [0.2, 0.25) is 5.91 Å². The average molecular weight is 383 g/mol. The van der Waals surface area contributed by atoms with Gasteiger partial charge >= 0.3 is 6.03 Å². The van der Waals surface area contributed by atoms with E-state index in [0.717, 1.165) is 12.0 Å². The number of anilines is 2. The van der Waals surface area contributed by atoms with E-state index in [1.807, 2.05) is 31.2 Å². The molecule has 1 aliphatic rings. The minimum absolute atomic E-state index is 0.247. The Labute approximate surface area is 164 Å². The van der Waals surface area contributed by atoms with Crippen molar-refractivity contribution in [2.24, 2.45) is 0 Å². The molecule has 1 saturated heterocycles. The first kappa shape index (κ1) is 19.5. The molecular weight excluding hydrogens is 358 g/mol. The second-order valence-electron chi connectivity index (χ2n) is 6.70. The molecule has 2 aromatic rings. The largest absolute Gasteiger partial charge is 0.497 e. The summed E-state index contributed by atoms with van der Waals surface area (Å²) < 4.78 is 10.5. The topological polar surface area (TPSA) is 79.9 Å². The number of hydrogen-bond acceptors (Lipinski definition) is 4. The molecule has 7 nitrogen and oxygen atoms in total. The molecule has 1 aliphatic heterocycles. The van der Waals surface area contributed by atoms with Crippen LogP contribution in [0.1, 0.15) is 18.4 Å². The second kappa shape index (κ2) is 8.65. The maximum atomic E-state index is 12.9. The Morgan fingerprint density at radius 2 is 1.79 bits per heavy atom. The number of hydrogen-bond donors (Lipinski definition) is 2. The summed E-state index contributed by atoms with van der Waals surface area (Å²) in [7, 11) is 3.09. The smallest absolute Gasteiger partial charge is 0.322 e. The molecule has 2 aromatic carbocycles. The fourth-order valence-corrected chi connectivity index (χ4v) is 3.24. The third kappa shape index (κ3) is 4.36. The number of amides is 3. The van der Waals surface area contributed by atoms with Crippen molar-refractivity contribution in [1.82, 2.24) is 4.90 Å². The van der Waals surface area contributed by atoms with Crippen LogP contribution >= 0.6 is 0 Å². The average Bonchev–Trinajstić information content (AvgIpc) is 3.20. The molecule has 0 aromatic heterocycles.